The van der Waals surface area contributed by atoms with Crippen molar-refractivity contribution in [3.05, 3.63) is 65.2 Å². The zero-order valence-electron chi connectivity index (χ0n) is 16.6. The average molecular weight is 435 g/mol. The van der Waals surface area contributed by atoms with E-state index in [-0.39, 0.29) is 29.4 Å². The van der Waals surface area contributed by atoms with Crippen LogP contribution >= 0.6 is 11.6 Å². The molecule has 0 saturated heterocycles. The summed E-state index contributed by atoms with van der Waals surface area (Å²) in [4.78, 5) is 13.0. The number of nitrogens with one attached hydrogen (secondary N) is 1. The Balaban J connectivity index is 1.77. The lowest BCUT2D eigenvalue weighted by molar-refractivity contribution is -0.122. The molecule has 2 aromatic carbocycles. The van der Waals surface area contributed by atoms with E-state index < -0.39 is 10.0 Å². The molecule has 156 valence electrons. The van der Waals surface area contributed by atoms with Crippen LogP contribution in [0.25, 0.3) is 0 Å². The summed E-state index contributed by atoms with van der Waals surface area (Å²) < 4.78 is 28.0. The summed E-state index contributed by atoms with van der Waals surface area (Å²) in [5.41, 5.74) is 0.915. The molecule has 0 radical (unpaired) electrons. The van der Waals surface area contributed by atoms with Crippen molar-refractivity contribution in [3.8, 4) is 0 Å². The van der Waals surface area contributed by atoms with E-state index in [1.807, 2.05) is 19.1 Å². The molecule has 1 saturated carbocycles. The van der Waals surface area contributed by atoms with Gasteiger partial charge >= 0.3 is 0 Å². The highest BCUT2D eigenvalue weighted by Crippen LogP contribution is 2.28. The molecule has 29 heavy (non-hydrogen) atoms. The van der Waals surface area contributed by atoms with Gasteiger partial charge in [-0.2, -0.15) is 4.31 Å². The largest absolute Gasteiger partial charge is 0.348 e. The van der Waals surface area contributed by atoms with E-state index in [0.29, 0.717) is 5.02 Å². The van der Waals surface area contributed by atoms with Gasteiger partial charge in [0.25, 0.3) is 0 Å². The van der Waals surface area contributed by atoms with E-state index in [1.54, 1.807) is 42.5 Å². The van der Waals surface area contributed by atoms with Crippen LogP contribution < -0.4 is 5.32 Å². The molecule has 0 aromatic heterocycles. The summed E-state index contributed by atoms with van der Waals surface area (Å²) in [7, 11) is -3.75. The quantitative estimate of drug-likeness (QED) is 0.695. The van der Waals surface area contributed by atoms with Crippen LogP contribution in [0, 0.1) is 0 Å². The highest BCUT2D eigenvalue weighted by Gasteiger charge is 2.34. The molecule has 1 amide bonds. The van der Waals surface area contributed by atoms with Crippen LogP contribution in [0.4, 0.5) is 0 Å². The molecule has 2 aromatic rings. The van der Waals surface area contributed by atoms with Crippen LogP contribution in [0.1, 0.15) is 50.6 Å². The molecule has 5 nitrogen and oxygen atoms in total. The fraction of sp³-hybridized carbons (Fsp3) is 0.409. The molecule has 1 aliphatic carbocycles. The second-order valence-corrected chi connectivity index (χ2v) is 9.82. The van der Waals surface area contributed by atoms with Crippen LogP contribution in [0.2, 0.25) is 5.02 Å². The van der Waals surface area contributed by atoms with Gasteiger partial charge in [-0.1, -0.05) is 61.2 Å². The number of carbonyl (C=O) groups excluding carboxylic acids is 1. The number of nitrogens with zero attached hydrogens (tertiary/aromatic N) is 1. The lowest BCUT2D eigenvalue weighted by Gasteiger charge is -2.33. The number of hydrogen-bond acceptors (Lipinski definition) is 3. The first-order chi connectivity index (χ1) is 13.9. The lowest BCUT2D eigenvalue weighted by atomic mass is 9.95. The zero-order chi connectivity index (χ0) is 20.9. The van der Waals surface area contributed by atoms with Crippen molar-refractivity contribution >= 4 is 27.5 Å². The summed E-state index contributed by atoms with van der Waals surface area (Å²) in [6.07, 6.45) is 4.64. The topological polar surface area (TPSA) is 66.5 Å². The van der Waals surface area contributed by atoms with Gasteiger partial charge in [-0.15, -0.1) is 0 Å². The molecule has 1 atom stereocenters. The number of hydrogen-bond donors (Lipinski definition) is 1. The van der Waals surface area contributed by atoms with Crippen molar-refractivity contribution in [3.63, 3.8) is 0 Å². The number of amides is 1. The highest BCUT2D eigenvalue weighted by molar-refractivity contribution is 7.89. The van der Waals surface area contributed by atoms with Crippen molar-refractivity contribution in [2.24, 2.45) is 0 Å². The van der Waals surface area contributed by atoms with Crippen molar-refractivity contribution < 1.29 is 13.2 Å². The van der Waals surface area contributed by atoms with E-state index in [1.165, 1.54) is 4.31 Å². The molecule has 7 heteroatoms. The first kappa shape index (κ1) is 21.8. The summed E-state index contributed by atoms with van der Waals surface area (Å²) >= 11 is 5.92. The average Bonchev–Trinajstić information content (AvgIpc) is 2.73. The molecule has 0 aliphatic heterocycles. The number of halogens is 1. The van der Waals surface area contributed by atoms with Gasteiger partial charge < -0.3 is 5.32 Å². The molecule has 0 heterocycles. The fourth-order valence-corrected chi connectivity index (χ4v) is 5.56. The van der Waals surface area contributed by atoms with Crippen LogP contribution in [0.15, 0.2) is 59.5 Å². The van der Waals surface area contributed by atoms with Crippen molar-refractivity contribution in [1.82, 2.24) is 9.62 Å². The minimum Gasteiger partial charge on any atom is -0.348 e. The Bertz CT molecular complexity index is 911. The Labute approximate surface area is 178 Å². The van der Waals surface area contributed by atoms with Crippen LogP contribution in [-0.2, 0) is 14.8 Å². The SMILES string of the molecule is C[C@H](NC(=O)CN(C1CCCCC1)S(=O)(=O)c1ccccc1)c1ccc(Cl)cc1. The van der Waals surface area contributed by atoms with Crippen LogP contribution in [-0.4, -0.2) is 31.2 Å². The van der Waals surface area contributed by atoms with Crippen molar-refractivity contribution in [1.29, 1.82) is 0 Å². The maximum absolute atomic E-state index is 13.3. The number of benzene rings is 2. The summed E-state index contributed by atoms with van der Waals surface area (Å²) in [5.74, 6) is -0.308. The first-order valence-electron chi connectivity index (χ1n) is 9.99. The van der Waals surface area contributed by atoms with Gasteiger partial charge in [0.15, 0.2) is 0 Å². The third-order valence-electron chi connectivity index (χ3n) is 5.38. The van der Waals surface area contributed by atoms with Gasteiger partial charge in [0.05, 0.1) is 17.5 Å². The molecular formula is C22H27ClN2O3S. The zero-order valence-corrected chi connectivity index (χ0v) is 18.1. The van der Waals surface area contributed by atoms with Crippen LogP contribution in [0.3, 0.4) is 0 Å². The predicted octanol–water partition coefficient (Wildman–Crippen LogP) is 4.54. The Morgan fingerprint density at radius 3 is 2.31 bits per heavy atom. The second kappa shape index (κ2) is 9.74. The van der Waals surface area contributed by atoms with E-state index >= 15 is 0 Å². The molecule has 3 rings (SSSR count). The molecule has 0 spiro atoms. The van der Waals surface area contributed by atoms with E-state index in [0.717, 1.165) is 37.7 Å². The molecular weight excluding hydrogens is 408 g/mol. The van der Waals surface area contributed by atoms with E-state index in [9.17, 15) is 13.2 Å². The standard InChI is InChI=1S/C22H27ClN2O3S/c1-17(18-12-14-19(23)15-13-18)24-22(26)16-25(20-8-4-2-5-9-20)29(27,28)21-10-6-3-7-11-21/h3,6-7,10-15,17,20H,2,4-5,8-9,16H2,1H3,(H,24,26)/t17-/m0/s1. The third kappa shape index (κ3) is 5.59. The van der Waals surface area contributed by atoms with Gasteiger partial charge in [0.1, 0.15) is 0 Å². The van der Waals surface area contributed by atoms with Gasteiger partial charge in [-0.05, 0) is 49.6 Å². The monoisotopic (exact) mass is 434 g/mol. The molecule has 1 fully saturated rings. The summed E-state index contributed by atoms with van der Waals surface area (Å²) in [6.45, 7) is 1.69. The molecule has 0 unspecified atom stereocenters. The van der Waals surface area contributed by atoms with Gasteiger partial charge in [0, 0.05) is 11.1 Å². The molecule has 1 aliphatic rings. The molecule has 0 bridgehead atoms. The Hall–Kier alpha value is -1.89. The van der Waals surface area contributed by atoms with Gasteiger partial charge in [0.2, 0.25) is 15.9 Å². The number of sulfonamides is 1. The Morgan fingerprint density at radius 2 is 1.69 bits per heavy atom. The van der Waals surface area contributed by atoms with Crippen LogP contribution in [0.5, 0.6) is 0 Å². The second-order valence-electron chi connectivity index (χ2n) is 7.50. The third-order valence-corrected chi connectivity index (χ3v) is 7.54. The van der Waals surface area contributed by atoms with Crippen molar-refractivity contribution in [2.45, 2.75) is 56.0 Å². The van der Waals surface area contributed by atoms with E-state index in [4.69, 9.17) is 11.6 Å². The Kier molecular flexibility index (Phi) is 7.33. The van der Waals surface area contributed by atoms with Gasteiger partial charge in [-0.25, -0.2) is 8.42 Å². The van der Waals surface area contributed by atoms with Crippen molar-refractivity contribution in [2.75, 3.05) is 6.54 Å². The number of rotatable bonds is 7. The smallest absolute Gasteiger partial charge is 0.243 e. The minimum absolute atomic E-state index is 0.148. The number of carbonyl (C=O) groups is 1. The van der Waals surface area contributed by atoms with E-state index in [2.05, 4.69) is 5.32 Å². The lowest BCUT2D eigenvalue weighted by Crippen LogP contribution is -2.47. The minimum atomic E-state index is -3.75. The van der Waals surface area contributed by atoms with Gasteiger partial charge in [-0.3, -0.25) is 4.79 Å². The normalized spacial score (nSPS) is 16.5. The highest BCUT2D eigenvalue weighted by atomic mass is 35.5. The Morgan fingerprint density at radius 1 is 1.07 bits per heavy atom. The maximum Gasteiger partial charge on any atom is 0.243 e. The summed E-state index contributed by atoms with van der Waals surface area (Å²) in [6, 6.07) is 15.2. The molecule has 1 N–H and O–H groups in total. The fourth-order valence-electron chi connectivity index (χ4n) is 3.77. The predicted molar refractivity (Wildman–Crippen MR) is 115 cm³/mol. The first-order valence-corrected chi connectivity index (χ1v) is 11.8. The maximum atomic E-state index is 13.3. The summed E-state index contributed by atoms with van der Waals surface area (Å²) in [5, 5.41) is 3.55.